The fourth-order valence-electron chi connectivity index (χ4n) is 2.88. The van der Waals surface area contributed by atoms with Crippen LogP contribution in [0.3, 0.4) is 0 Å². The molecular formula is C18H29FIN5O. The van der Waals surface area contributed by atoms with Gasteiger partial charge in [0.25, 0.3) is 0 Å². The van der Waals surface area contributed by atoms with Crippen LogP contribution in [0, 0.1) is 5.82 Å². The lowest BCUT2D eigenvalue weighted by molar-refractivity contribution is -0.121. The first-order valence-corrected chi connectivity index (χ1v) is 8.75. The Morgan fingerprint density at radius 2 is 1.88 bits per heavy atom. The number of amides is 1. The molecule has 0 atom stereocenters. The molecule has 2 rings (SSSR count). The number of nitrogens with one attached hydrogen (secondary N) is 2. The summed E-state index contributed by atoms with van der Waals surface area (Å²) in [6.07, 6.45) is 0.409. The molecule has 1 aromatic carbocycles. The van der Waals surface area contributed by atoms with E-state index in [1.807, 2.05) is 26.0 Å². The Morgan fingerprint density at radius 3 is 2.46 bits per heavy atom. The lowest BCUT2D eigenvalue weighted by Gasteiger charge is -2.37. The number of carbonyl (C=O) groups excluding carboxylic acids is 1. The molecule has 0 bridgehead atoms. The van der Waals surface area contributed by atoms with Crippen LogP contribution < -0.4 is 15.5 Å². The van der Waals surface area contributed by atoms with Crippen LogP contribution in [0.15, 0.2) is 29.3 Å². The van der Waals surface area contributed by atoms with Crippen LogP contribution in [-0.2, 0) is 4.79 Å². The molecule has 0 spiro atoms. The van der Waals surface area contributed by atoms with Crippen LogP contribution in [0.4, 0.5) is 10.1 Å². The van der Waals surface area contributed by atoms with E-state index in [1.165, 1.54) is 6.07 Å². The lowest BCUT2D eigenvalue weighted by atomic mass is 10.2. The van der Waals surface area contributed by atoms with Gasteiger partial charge >= 0.3 is 0 Å². The summed E-state index contributed by atoms with van der Waals surface area (Å²) < 4.78 is 13.9. The van der Waals surface area contributed by atoms with E-state index in [2.05, 4.69) is 25.4 Å². The summed E-state index contributed by atoms with van der Waals surface area (Å²) in [7, 11) is 1.74. The molecule has 1 fully saturated rings. The second-order valence-electron chi connectivity index (χ2n) is 6.37. The monoisotopic (exact) mass is 477 g/mol. The number of nitrogens with zero attached hydrogens (tertiary/aromatic N) is 3. The lowest BCUT2D eigenvalue weighted by Crippen LogP contribution is -2.53. The first-order valence-electron chi connectivity index (χ1n) is 8.75. The Balaban J connectivity index is 0.00000338. The maximum absolute atomic E-state index is 13.9. The van der Waals surface area contributed by atoms with Gasteiger partial charge in [0.15, 0.2) is 5.96 Å². The molecule has 1 aromatic rings. The molecule has 6 nitrogen and oxygen atoms in total. The van der Waals surface area contributed by atoms with Gasteiger partial charge in [-0.05, 0) is 26.0 Å². The Hall–Kier alpha value is -1.58. The fraction of sp³-hybridized carbons (Fsp3) is 0.556. The summed E-state index contributed by atoms with van der Waals surface area (Å²) in [6.45, 7) is 7.40. The van der Waals surface area contributed by atoms with Crippen molar-refractivity contribution in [1.82, 2.24) is 15.5 Å². The molecule has 26 heavy (non-hydrogen) atoms. The minimum atomic E-state index is -0.186. The van der Waals surface area contributed by atoms with Gasteiger partial charge in [0.2, 0.25) is 5.91 Å². The number of anilines is 1. The molecule has 146 valence electrons. The van der Waals surface area contributed by atoms with Gasteiger partial charge in [0.05, 0.1) is 5.69 Å². The third kappa shape index (κ3) is 6.62. The molecule has 1 amide bonds. The predicted octanol–water partition coefficient (Wildman–Crippen LogP) is 2.06. The van der Waals surface area contributed by atoms with E-state index in [1.54, 1.807) is 13.1 Å². The highest BCUT2D eigenvalue weighted by Crippen LogP contribution is 2.20. The van der Waals surface area contributed by atoms with Crippen molar-refractivity contribution in [1.29, 1.82) is 0 Å². The third-order valence-electron chi connectivity index (χ3n) is 4.07. The predicted molar refractivity (Wildman–Crippen MR) is 115 cm³/mol. The standard InChI is InChI=1S/C18H28FN5O.HI/c1-14(2)22-17(25)8-9-21-18(20-3)24-12-10-23(11-13-24)16-7-5-4-6-15(16)19;/h4-7,14H,8-13H2,1-3H3,(H,20,21)(H,22,25);1H. The van der Waals surface area contributed by atoms with Crippen LogP contribution in [0.5, 0.6) is 0 Å². The van der Waals surface area contributed by atoms with E-state index in [0.29, 0.717) is 18.7 Å². The molecule has 0 aromatic heterocycles. The number of rotatable bonds is 5. The minimum Gasteiger partial charge on any atom is -0.366 e. The number of para-hydroxylation sites is 1. The van der Waals surface area contributed by atoms with Crippen molar-refractivity contribution in [2.45, 2.75) is 26.3 Å². The van der Waals surface area contributed by atoms with Gasteiger partial charge < -0.3 is 20.4 Å². The van der Waals surface area contributed by atoms with Crippen molar-refractivity contribution in [2.75, 3.05) is 44.7 Å². The van der Waals surface area contributed by atoms with Crippen molar-refractivity contribution >= 4 is 41.5 Å². The zero-order chi connectivity index (χ0) is 18.2. The summed E-state index contributed by atoms with van der Waals surface area (Å²) in [6, 6.07) is 7.01. The highest BCUT2D eigenvalue weighted by molar-refractivity contribution is 14.0. The van der Waals surface area contributed by atoms with Gasteiger partial charge in [-0.3, -0.25) is 9.79 Å². The third-order valence-corrected chi connectivity index (χ3v) is 4.07. The Labute approximate surface area is 172 Å². The number of benzene rings is 1. The van der Waals surface area contributed by atoms with Crippen molar-refractivity contribution in [3.05, 3.63) is 30.1 Å². The number of carbonyl (C=O) groups is 1. The van der Waals surface area contributed by atoms with Crippen LogP contribution >= 0.6 is 24.0 Å². The van der Waals surface area contributed by atoms with Crippen molar-refractivity contribution in [3.8, 4) is 0 Å². The molecule has 0 radical (unpaired) electrons. The van der Waals surface area contributed by atoms with E-state index in [9.17, 15) is 9.18 Å². The molecule has 1 heterocycles. The molecule has 0 unspecified atom stereocenters. The highest BCUT2D eigenvalue weighted by atomic mass is 127. The molecule has 1 aliphatic rings. The molecule has 8 heteroatoms. The number of hydrogen-bond donors (Lipinski definition) is 2. The summed E-state index contributed by atoms with van der Waals surface area (Å²) in [4.78, 5) is 20.2. The fourth-order valence-corrected chi connectivity index (χ4v) is 2.88. The maximum Gasteiger partial charge on any atom is 0.221 e. The normalized spacial score (nSPS) is 14.9. The van der Waals surface area contributed by atoms with E-state index in [4.69, 9.17) is 0 Å². The quantitative estimate of drug-likeness (QED) is 0.388. The van der Waals surface area contributed by atoms with Gasteiger partial charge in [-0.1, -0.05) is 12.1 Å². The summed E-state index contributed by atoms with van der Waals surface area (Å²) in [5.41, 5.74) is 0.649. The first-order chi connectivity index (χ1) is 12.0. The topological polar surface area (TPSA) is 60.0 Å². The SMILES string of the molecule is CN=C(NCCC(=O)NC(C)C)N1CCN(c2ccccc2F)CC1.I. The summed E-state index contributed by atoms with van der Waals surface area (Å²) in [5, 5.41) is 6.10. The summed E-state index contributed by atoms with van der Waals surface area (Å²) in [5.74, 6) is 0.627. The van der Waals surface area contributed by atoms with Gasteiger partial charge in [0.1, 0.15) is 5.82 Å². The van der Waals surface area contributed by atoms with E-state index < -0.39 is 0 Å². The van der Waals surface area contributed by atoms with Crippen molar-refractivity contribution in [3.63, 3.8) is 0 Å². The van der Waals surface area contributed by atoms with E-state index in [0.717, 1.165) is 32.1 Å². The highest BCUT2D eigenvalue weighted by Gasteiger charge is 2.21. The Bertz CT molecular complexity index is 603. The first kappa shape index (κ1) is 22.5. The number of hydrogen-bond acceptors (Lipinski definition) is 3. The Kier molecular flexibility index (Phi) is 9.68. The molecule has 1 saturated heterocycles. The van der Waals surface area contributed by atoms with E-state index >= 15 is 0 Å². The Morgan fingerprint density at radius 1 is 1.23 bits per heavy atom. The van der Waals surface area contributed by atoms with Crippen molar-refractivity contribution in [2.24, 2.45) is 4.99 Å². The van der Waals surface area contributed by atoms with Gasteiger partial charge in [0, 0.05) is 52.2 Å². The van der Waals surface area contributed by atoms with E-state index in [-0.39, 0.29) is 41.7 Å². The van der Waals surface area contributed by atoms with Crippen LogP contribution in [0.1, 0.15) is 20.3 Å². The average Bonchev–Trinajstić information content (AvgIpc) is 2.59. The number of guanidine groups is 1. The molecule has 0 saturated carbocycles. The second-order valence-corrected chi connectivity index (χ2v) is 6.37. The van der Waals surface area contributed by atoms with Crippen LogP contribution in [0.2, 0.25) is 0 Å². The van der Waals surface area contributed by atoms with Gasteiger partial charge in [-0.25, -0.2) is 4.39 Å². The number of halogens is 2. The zero-order valence-corrected chi connectivity index (χ0v) is 18.0. The molecule has 1 aliphatic heterocycles. The number of piperazine rings is 1. The van der Waals surface area contributed by atoms with Gasteiger partial charge in [-0.2, -0.15) is 0 Å². The molecular weight excluding hydrogens is 448 g/mol. The van der Waals surface area contributed by atoms with Crippen LogP contribution in [-0.4, -0.2) is 62.6 Å². The largest absolute Gasteiger partial charge is 0.366 e. The average molecular weight is 477 g/mol. The minimum absolute atomic E-state index is 0. The van der Waals surface area contributed by atoms with Crippen LogP contribution in [0.25, 0.3) is 0 Å². The van der Waals surface area contributed by atoms with Gasteiger partial charge in [-0.15, -0.1) is 24.0 Å². The second kappa shape index (κ2) is 11.2. The van der Waals surface area contributed by atoms with Crippen molar-refractivity contribution < 1.29 is 9.18 Å². The molecule has 0 aliphatic carbocycles. The number of aliphatic imine (C=N–C) groups is 1. The zero-order valence-electron chi connectivity index (χ0n) is 15.7. The molecule has 2 N–H and O–H groups in total. The smallest absolute Gasteiger partial charge is 0.221 e. The summed E-state index contributed by atoms with van der Waals surface area (Å²) >= 11 is 0. The maximum atomic E-state index is 13.9.